The van der Waals surface area contributed by atoms with Crippen molar-refractivity contribution in [2.45, 2.75) is 0 Å². The third-order valence-electron chi connectivity index (χ3n) is 0. The van der Waals surface area contributed by atoms with Gasteiger partial charge in [0.05, 0.1) is 0 Å². The number of rotatable bonds is 0. The minimum atomic E-state index is 0. The predicted molar refractivity (Wildman–Crippen MR) is 20.3 cm³/mol. The molecule has 0 aliphatic carbocycles. The van der Waals surface area contributed by atoms with E-state index in [0.717, 1.165) is 0 Å². The van der Waals surface area contributed by atoms with E-state index in [1.54, 1.807) is 0 Å². The molecular formula is LiPSV. The van der Waals surface area contributed by atoms with Crippen LogP contribution in [0.1, 0.15) is 0 Å². The van der Waals surface area contributed by atoms with Gasteiger partial charge >= 0.3 is 0 Å². The van der Waals surface area contributed by atoms with Gasteiger partial charge in [0.25, 0.3) is 0 Å². The molecule has 0 bridgehead atoms. The van der Waals surface area contributed by atoms with Crippen LogP contribution >= 0.6 is 23.4 Å². The second kappa shape index (κ2) is 20.2. The topological polar surface area (TPSA) is 0 Å². The molecule has 0 unspecified atom stereocenters. The smallest absolute Gasteiger partial charge is 0 e. The van der Waals surface area contributed by atoms with Gasteiger partial charge in [-0.3, -0.25) is 0 Å². The first-order valence-electron chi connectivity index (χ1n) is 0. The van der Waals surface area contributed by atoms with Gasteiger partial charge in [0, 0.05) is 60.8 Å². The Morgan fingerprint density at radius 2 is 1.00 bits per heavy atom. The van der Waals surface area contributed by atoms with Gasteiger partial charge in [-0.2, -0.15) is 0 Å². The van der Waals surface area contributed by atoms with Gasteiger partial charge in [0.1, 0.15) is 0 Å². The zero-order valence-corrected chi connectivity index (χ0v) is 5.41. The van der Waals surface area contributed by atoms with Gasteiger partial charge in [-0.05, 0) is 0 Å². The average molecular weight is 121 g/mol. The van der Waals surface area contributed by atoms with E-state index < -0.39 is 0 Å². The van der Waals surface area contributed by atoms with Crippen LogP contribution in [0.15, 0.2) is 0 Å². The first-order valence-corrected chi connectivity index (χ1v) is 0. The summed E-state index contributed by atoms with van der Waals surface area (Å²) in [5, 5.41) is 0. The van der Waals surface area contributed by atoms with Crippen LogP contribution in [0.3, 0.4) is 0 Å². The predicted octanol–water partition coefficient (Wildman–Crippen LogP) is 1.13. The second-order valence-electron chi connectivity index (χ2n) is 0. The van der Waals surface area contributed by atoms with Gasteiger partial charge in [0.2, 0.25) is 0 Å². The maximum absolute atomic E-state index is 0. The zero-order valence-electron chi connectivity index (χ0n) is 2.30. The SMILES string of the molecule is [Li].[P].[S].[V]. The fourth-order valence-corrected chi connectivity index (χ4v) is 0. The molecule has 0 aromatic heterocycles. The quantitative estimate of drug-likeness (QED) is 0.332. The molecule has 0 N–H and O–H groups in total. The van der Waals surface area contributed by atoms with Crippen molar-refractivity contribution >= 4 is 42.3 Å². The summed E-state index contributed by atoms with van der Waals surface area (Å²) >= 11 is 0. The molecule has 0 aromatic rings. The Kier molecular flexibility index (Phi) is 193. The van der Waals surface area contributed by atoms with Crippen molar-refractivity contribution < 1.29 is 18.6 Å². The summed E-state index contributed by atoms with van der Waals surface area (Å²) < 4.78 is 0. The Labute approximate surface area is 60.6 Å². The third kappa shape index (κ3) is 9.03. The summed E-state index contributed by atoms with van der Waals surface area (Å²) in [5.41, 5.74) is 0. The van der Waals surface area contributed by atoms with E-state index in [0.29, 0.717) is 0 Å². The molecule has 0 aliphatic heterocycles. The molecule has 0 nitrogen and oxygen atoms in total. The molecule has 17 valence electrons. The maximum Gasteiger partial charge on any atom is 0 e. The molecule has 4 heavy (non-hydrogen) atoms. The monoisotopic (exact) mass is 121 g/mol. The van der Waals surface area contributed by atoms with E-state index >= 15 is 0 Å². The van der Waals surface area contributed by atoms with Crippen LogP contribution in [0.4, 0.5) is 0 Å². The largest absolute Gasteiger partial charge is 0 e. The van der Waals surface area contributed by atoms with Crippen LogP contribution in [0.2, 0.25) is 0 Å². The summed E-state index contributed by atoms with van der Waals surface area (Å²) in [5.74, 6) is 0. The van der Waals surface area contributed by atoms with E-state index in [1.807, 2.05) is 0 Å². The van der Waals surface area contributed by atoms with Crippen LogP contribution in [-0.2, 0) is 18.6 Å². The Balaban J connectivity index is 0. The molecule has 0 atom stereocenters. The van der Waals surface area contributed by atoms with Gasteiger partial charge < -0.3 is 0 Å². The Morgan fingerprint density at radius 1 is 1.00 bits per heavy atom. The molecular weight excluding hydrogens is 121 g/mol. The molecule has 0 rings (SSSR count). The first kappa shape index (κ1) is 38.1. The van der Waals surface area contributed by atoms with Crippen molar-refractivity contribution in [1.29, 1.82) is 0 Å². The molecule has 0 amide bonds. The molecule has 4 heteroatoms. The number of hydrogen-bond acceptors (Lipinski definition) is 0. The zero-order chi connectivity index (χ0) is 0. The maximum atomic E-state index is 0. The summed E-state index contributed by atoms with van der Waals surface area (Å²) in [7, 11) is 0. The van der Waals surface area contributed by atoms with Gasteiger partial charge in [-0.15, -0.1) is 0 Å². The average Bonchev–Trinajstić information content (AvgIpc) is 0. The molecule has 0 aliphatic rings. The molecule has 0 aromatic carbocycles. The fraction of sp³-hybridized carbons (Fsp3) is 0. The van der Waals surface area contributed by atoms with Crippen LogP contribution < -0.4 is 0 Å². The molecule has 0 saturated carbocycles. The summed E-state index contributed by atoms with van der Waals surface area (Å²) in [6.07, 6.45) is 0. The Morgan fingerprint density at radius 3 is 1.00 bits per heavy atom. The van der Waals surface area contributed by atoms with Crippen LogP contribution in [-0.4, -0.2) is 18.9 Å². The third-order valence-corrected chi connectivity index (χ3v) is 0. The van der Waals surface area contributed by atoms with Crippen molar-refractivity contribution in [2.75, 3.05) is 0 Å². The van der Waals surface area contributed by atoms with Crippen molar-refractivity contribution in [3.05, 3.63) is 0 Å². The Hall–Kier alpha value is 1.96. The minimum absolute atomic E-state index is 0. The van der Waals surface area contributed by atoms with E-state index in [2.05, 4.69) is 0 Å². The van der Waals surface area contributed by atoms with Crippen LogP contribution in [0.25, 0.3) is 0 Å². The first-order chi connectivity index (χ1) is 0. The van der Waals surface area contributed by atoms with Gasteiger partial charge in [-0.1, -0.05) is 0 Å². The van der Waals surface area contributed by atoms with Crippen molar-refractivity contribution in [2.24, 2.45) is 0 Å². The number of hydrogen-bond donors (Lipinski definition) is 0. The Bertz CT molecular complexity index is 8.00. The van der Waals surface area contributed by atoms with Gasteiger partial charge in [0.15, 0.2) is 0 Å². The van der Waals surface area contributed by atoms with Crippen molar-refractivity contribution in [3.8, 4) is 0 Å². The summed E-state index contributed by atoms with van der Waals surface area (Å²) in [6.45, 7) is 0. The summed E-state index contributed by atoms with van der Waals surface area (Å²) in [4.78, 5) is 0. The van der Waals surface area contributed by atoms with Crippen molar-refractivity contribution in [3.63, 3.8) is 0 Å². The standard InChI is InChI=1S/Li.P.S.V. The van der Waals surface area contributed by atoms with Crippen LogP contribution in [0.5, 0.6) is 0 Å². The van der Waals surface area contributed by atoms with E-state index in [1.165, 1.54) is 0 Å². The molecule has 0 heterocycles. The minimum Gasteiger partial charge on any atom is 0 e. The molecule has 0 spiro atoms. The van der Waals surface area contributed by atoms with E-state index in [9.17, 15) is 0 Å². The fourth-order valence-electron chi connectivity index (χ4n) is 0. The van der Waals surface area contributed by atoms with E-state index in [-0.39, 0.29) is 60.8 Å². The van der Waals surface area contributed by atoms with Crippen molar-refractivity contribution in [1.82, 2.24) is 0 Å². The second-order valence-corrected chi connectivity index (χ2v) is 0. The van der Waals surface area contributed by atoms with Crippen LogP contribution in [0, 0.1) is 0 Å². The molecule has 7 radical (unpaired) electrons. The molecule has 0 fully saturated rings. The summed E-state index contributed by atoms with van der Waals surface area (Å²) in [6, 6.07) is 0. The normalized spacial score (nSPS) is 0. The van der Waals surface area contributed by atoms with E-state index in [4.69, 9.17) is 0 Å². The van der Waals surface area contributed by atoms with Gasteiger partial charge in [-0.25, -0.2) is 0 Å². The molecule has 0 saturated heterocycles.